The van der Waals surface area contributed by atoms with Crippen LogP contribution in [0.3, 0.4) is 0 Å². The second-order valence-corrected chi connectivity index (χ2v) is 9.17. The van der Waals surface area contributed by atoms with Gasteiger partial charge in [0.25, 0.3) is 0 Å². The van der Waals surface area contributed by atoms with E-state index in [0.29, 0.717) is 12.5 Å². The van der Waals surface area contributed by atoms with Crippen LogP contribution < -0.4 is 0 Å². The van der Waals surface area contributed by atoms with Gasteiger partial charge >= 0.3 is 0 Å². The van der Waals surface area contributed by atoms with Gasteiger partial charge < -0.3 is 10.2 Å². The topological polar surface area (TPSA) is 40.5 Å². The minimum atomic E-state index is -0.281. The van der Waals surface area contributed by atoms with Crippen molar-refractivity contribution in [1.29, 1.82) is 0 Å². The Labute approximate surface area is 190 Å². The van der Waals surface area contributed by atoms with Gasteiger partial charge in [0, 0.05) is 6.61 Å². The number of rotatable bonds is 22. The minimum Gasteiger partial charge on any atom is -0.396 e. The molecule has 0 heterocycles. The Hall–Kier alpha value is -0.340. The summed E-state index contributed by atoms with van der Waals surface area (Å²) in [5.74, 6) is 0.580. The highest BCUT2D eigenvalue weighted by Gasteiger charge is 2.06. The van der Waals surface area contributed by atoms with Crippen molar-refractivity contribution in [2.45, 2.75) is 155 Å². The van der Waals surface area contributed by atoms with Crippen LogP contribution in [0.25, 0.3) is 0 Å². The summed E-state index contributed by atoms with van der Waals surface area (Å²) in [6.45, 7) is 10.6. The van der Waals surface area contributed by atoms with Crippen molar-refractivity contribution in [3.63, 3.8) is 0 Å². The number of hydrogen-bond donors (Lipinski definition) is 2. The van der Waals surface area contributed by atoms with E-state index >= 15 is 0 Å². The molecule has 0 saturated carbocycles. The summed E-state index contributed by atoms with van der Waals surface area (Å²) < 4.78 is 0. The molecule has 0 aromatic heterocycles. The Morgan fingerprint density at radius 2 is 0.900 bits per heavy atom. The molecule has 0 aliphatic rings. The van der Waals surface area contributed by atoms with Crippen LogP contribution in [0.1, 0.15) is 149 Å². The average molecular weight is 427 g/mol. The molecule has 2 nitrogen and oxygen atoms in total. The minimum absolute atomic E-state index is 0.281. The smallest absolute Gasteiger partial charge is 0.0718 e. The lowest BCUT2D eigenvalue weighted by Crippen LogP contribution is -2.06. The molecule has 0 radical (unpaired) electrons. The molecule has 2 atom stereocenters. The Bertz CT molecular complexity index is 303. The number of hydrogen-bond acceptors (Lipinski definition) is 2. The van der Waals surface area contributed by atoms with Crippen molar-refractivity contribution in [1.82, 2.24) is 0 Å². The number of unbranched alkanes of at least 4 members (excludes halogenated alkanes) is 14. The second-order valence-electron chi connectivity index (χ2n) is 9.17. The quantitative estimate of drug-likeness (QED) is 0.134. The van der Waals surface area contributed by atoms with E-state index in [1.54, 1.807) is 6.08 Å². The van der Waals surface area contributed by atoms with Gasteiger partial charge in [0.2, 0.25) is 0 Å². The van der Waals surface area contributed by atoms with Crippen molar-refractivity contribution in [3.8, 4) is 0 Å². The van der Waals surface area contributed by atoms with Crippen molar-refractivity contribution >= 4 is 0 Å². The molecule has 2 heteroatoms. The van der Waals surface area contributed by atoms with E-state index in [1.165, 1.54) is 116 Å². The van der Waals surface area contributed by atoms with E-state index in [4.69, 9.17) is 5.11 Å². The number of aliphatic hydroxyl groups excluding tert-OH is 2. The second kappa shape index (κ2) is 28.7. The molecule has 0 aromatic carbocycles. The van der Waals surface area contributed by atoms with Crippen molar-refractivity contribution in [2.24, 2.45) is 5.92 Å². The van der Waals surface area contributed by atoms with Crippen LogP contribution in [0.2, 0.25) is 0 Å². The first-order valence-corrected chi connectivity index (χ1v) is 13.6. The summed E-state index contributed by atoms with van der Waals surface area (Å²) in [6, 6.07) is 0. The van der Waals surface area contributed by atoms with Crippen LogP contribution in [0.15, 0.2) is 12.7 Å². The summed E-state index contributed by atoms with van der Waals surface area (Å²) in [5.41, 5.74) is 0. The lowest BCUT2D eigenvalue weighted by atomic mass is 9.95. The molecule has 0 bridgehead atoms. The molecule has 0 aliphatic heterocycles. The monoisotopic (exact) mass is 426 g/mol. The largest absolute Gasteiger partial charge is 0.396 e. The van der Waals surface area contributed by atoms with E-state index in [-0.39, 0.29) is 6.10 Å². The molecular weight excluding hydrogens is 368 g/mol. The van der Waals surface area contributed by atoms with Gasteiger partial charge in [-0.3, -0.25) is 0 Å². The van der Waals surface area contributed by atoms with Crippen molar-refractivity contribution < 1.29 is 10.2 Å². The zero-order valence-corrected chi connectivity index (χ0v) is 21.2. The molecule has 2 unspecified atom stereocenters. The summed E-state index contributed by atoms with van der Waals surface area (Å²) >= 11 is 0. The molecule has 0 rings (SSSR count). The van der Waals surface area contributed by atoms with Gasteiger partial charge in [-0.05, 0) is 25.2 Å². The first-order chi connectivity index (χ1) is 14.7. The van der Waals surface area contributed by atoms with Crippen LogP contribution in [0.4, 0.5) is 0 Å². The number of aliphatic hydroxyl groups is 2. The first-order valence-electron chi connectivity index (χ1n) is 13.6. The van der Waals surface area contributed by atoms with Gasteiger partial charge in [-0.1, -0.05) is 136 Å². The molecule has 0 aliphatic carbocycles. The third kappa shape index (κ3) is 27.7. The molecule has 0 saturated heterocycles. The van der Waals surface area contributed by atoms with Gasteiger partial charge in [-0.15, -0.1) is 6.58 Å². The van der Waals surface area contributed by atoms with E-state index in [0.717, 1.165) is 12.8 Å². The highest BCUT2D eigenvalue weighted by atomic mass is 16.3. The molecule has 0 amide bonds. The normalized spacial score (nSPS) is 12.8. The Morgan fingerprint density at radius 1 is 0.567 bits per heavy atom. The van der Waals surface area contributed by atoms with E-state index in [1.807, 2.05) is 0 Å². The van der Waals surface area contributed by atoms with Gasteiger partial charge in [0.1, 0.15) is 0 Å². The summed E-state index contributed by atoms with van der Waals surface area (Å²) in [6.07, 6.45) is 27.6. The molecule has 0 spiro atoms. The predicted molar refractivity (Wildman–Crippen MR) is 136 cm³/mol. The third-order valence-electron chi connectivity index (χ3n) is 6.07. The highest BCUT2D eigenvalue weighted by molar-refractivity contribution is 4.77. The predicted octanol–water partition coefficient (Wildman–Crippen LogP) is 8.99. The van der Waals surface area contributed by atoms with Gasteiger partial charge in [0.05, 0.1) is 6.10 Å². The Morgan fingerprint density at radius 3 is 1.27 bits per heavy atom. The zero-order valence-electron chi connectivity index (χ0n) is 21.2. The van der Waals surface area contributed by atoms with Gasteiger partial charge in [0.15, 0.2) is 0 Å². The fraction of sp³-hybridized carbons (Fsp3) is 0.929. The van der Waals surface area contributed by atoms with Gasteiger partial charge in [-0.2, -0.15) is 0 Å². The molecule has 0 aromatic rings. The van der Waals surface area contributed by atoms with Crippen LogP contribution in [0.5, 0.6) is 0 Å². The molecule has 2 N–H and O–H groups in total. The molecular formula is C28H58O2. The summed E-state index contributed by atoms with van der Waals surface area (Å²) in [7, 11) is 0. The Balaban J connectivity index is 0. The van der Waals surface area contributed by atoms with Crippen LogP contribution in [0, 0.1) is 5.92 Å². The fourth-order valence-corrected chi connectivity index (χ4v) is 3.83. The van der Waals surface area contributed by atoms with E-state index in [9.17, 15) is 5.11 Å². The standard InChI is InChI=1S/C20H42O.C8H16O/c1-3-5-7-9-11-12-14-16-18-20(19-21)17-15-13-10-8-6-4-2;1-3-5-6-7-8(9)4-2/h20-21H,3-19H2,1-2H3;4,8-9H,2-3,5-7H2,1H3. The molecule has 30 heavy (non-hydrogen) atoms. The van der Waals surface area contributed by atoms with Gasteiger partial charge in [-0.25, -0.2) is 0 Å². The molecule has 0 fully saturated rings. The SMILES string of the molecule is C=CC(O)CCCCC.CCCCCCCCCCC(CO)CCCCCCCC. The van der Waals surface area contributed by atoms with Crippen molar-refractivity contribution in [3.05, 3.63) is 12.7 Å². The maximum Gasteiger partial charge on any atom is 0.0718 e. The lowest BCUT2D eigenvalue weighted by molar-refractivity contribution is 0.204. The van der Waals surface area contributed by atoms with Crippen LogP contribution in [-0.4, -0.2) is 22.9 Å². The maximum atomic E-state index is 9.47. The van der Waals surface area contributed by atoms with Crippen molar-refractivity contribution in [2.75, 3.05) is 6.61 Å². The zero-order chi connectivity index (χ0) is 22.7. The van der Waals surface area contributed by atoms with E-state index in [2.05, 4.69) is 27.4 Å². The van der Waals surface area contributed by atoms with Crippen LogP contribution >= 0.6 is 0 Å². The average Bonchev–Trinajstić information content (AvgIpc) is 2.77. The fourth-order valence-electron chi connectivity index (χ4n) is 3.83. The maximum absolute atomic E-state index is 9.47. The van der Waals surface area contributed by atoms with Crippen LogP contribution in [-0.2, 0) is 0 Å². The third-order valence-corrected chi connectivity index (χ3v) is 6.07. The summed E-state index contributed by atoms with van der Waals surface area (Å²) in [5, 5.41) is 18.4. The molecule has 182 valence electrons. The lowest BCUT2D eigenvalue weighted by Gasteiger charge is -2.13. The first kappa shape index (κ1) is 31.8. The Kier molecular flexibility index (Phi) is 30.4. The van der Waals surface area contributed by atoms with E-state index < -0.39 is 0 Å². The highest BCUT2D eigenvalue weighted by Crippen LogP contribution is 2.19. The summed E-state index contributed by atoms with van der Waals surface area (Å²) in [4.78, 5) is 0.